The molecule has 1 saturated heterocycles. The van der Waals surface area contributed by atoms with Gasteiger partial charge in [-0.05, 0) is 31.7 Å². The van der Waals surface area contributed by atoms with Gasteiger partial charge in [0.05, 0.1) is 16.1 Å². The van der Waals surface area contributed by atoms with E-state index in [9.17, 15) is 23.1 Å². The molecule has 7 nitrogen and oxygen atoms in total. The molecule has 1 aromatic carbocycles. The summed E-state index contributed by atoms with van der Waals surface area (Å²) in [7, 11) is -2.48. The number of hydrogen-bond acceptors (Lipinski definition) is 4. The van der Waals surface area contributed by atoms with Crippen LogP contribution in [0.5, 0.6) is 0 Å². The molecule has 1 amide bonds. The summed E-state index contributed by atoms with van der Waals surface area (Å²) < 4.78 is 25.5. The predicted octanol–water partition coefficient (Wildman–Crippen LogP) is 0.420. The average molecular weight is 298 g/mol. The van der Waals surface area contributed by atoms with Crippen molar-refractivity contribution in [1.82, 2.24) is 4.72 Å². The Morgan fingerprint density at radius 2 is 2.10 bits per heavy atom. The Hall–Kier alpha value is -1.93. The Morgan fingerprint density at radius 1 is 1.40 bits per heavy atom. The van der Waals surface area contributed by atoms with Gasteiger partial charge in [-0.15, -0.1) is 0 Å². The van der Waals surface area contributed by atoms with Gasteiger partial charge in [0.25, 0.3) is 0 Å². The number of anilines is 1. The number of nitrogens with one attached hydrogen (secondary N) is 1. The Kier molecular flexibility index (Phi) is 3.78. The zero-order valence-corrected chi connectivity index (χ0v) is 11.6. The smallest absolute Gasteiger partial charge is 0.337 e. The van der Waals surface area contributed by atoms with Gasteiger partial charge in [0.2, 0.25) is 15.9 Å². The lowest BCUT2D eigenvalue weighted by Gasteiger charge is -2.18. The van der Waals surface area contributed by atoms with Crippen LogP contribution in [0.4, 0.5) is 5.69 Å². The van der Waals surface area contributed by atoms with Crippen molar-refractivity contribution in [3.8, 4) is 0 Å². The maximum Gasteiger partial charge on any atom is 0.337 e. The molecule has 108 valence electrons. The summed E-state index contributed by atoms with van der Waals surface area (Å²) in [6.45, 7) is 0.442. The van der Waals surface area contributed by atoms with Crippen LogP contribution in [0.25, 0.3) is 0 Å². The van der Waals surface area contributed by atoms with Gasteiger partial charge in [-0.25, -0.2) is 17.9 Å². The van der Waals surface area contributed by atoms with Gasteiger partial charge < -0.3 is 10.0 Å². The van der Waals surface area contributed by atoms with Crippen LogP contribution < -0.4 is 9.62 Å². The molecule has 1 aromatic rings. The van der Waals surface area contributed by atoms with E-state index in [1.165, 1.54) is 24.1 Å². The lowest BCUT2D eigenvalue weighted by atomic mass is 10.1. The highest BCUT2D eigenvalue weighted by molar-refractivity contribution is 7.89. The molecular formula is C12H14N2O5S. The molecule has 1 heterocycles. The second-order valence-electron chi connectivity index (χ2n) is 4.34. The highest BCUT2D eigenvalue weighted by Crippen LogP contribution is 2.27. The summed E-state index contributed by atoms with van der Waals surface area (Å²) in [6, 6.07) is 3.71. The van der Waals surface area contributed by atoms with E-state index in [2.05, 4.69) is 4.72 Å². The van der Waals surface area contributed by atoms with E-state index in [0.717, 1.165) is 6.07 Å². The minimum atomic E-state index is -3.72. The van der Waals surface area contributed by atoms with E-state index in [0.29, 0.717) is 19.4 Å². The zero-order chi connectivity index (χ0) is 14.9. The van der Waals surface area contributed by atoms with Crippen LogP contribution in [0.1, 0.15) is 23.2 Å². The second kappa shape index (κ2) is 5.22. The van der Waals surface area contributed by atoms with Crippen molar-refractivity contribution in [2.45, 2.75) is 17.7 Å². The number of aromatic carboxylic acids is 1. The van der Waals surface area contributed by atoms with Gasteiger partial charge in [-0.3, -0.25) is 4.79 Å². The number of carbonyl (C=O) groups is 2. The third kappa shape index (κ3) is 2.52. The quantitative estimate of drug-likeness (QED) is 0.838. The van der Waals surface area contributed by atoms with E-state index in [-0.39, 0.29) is 22.1 Å². The number of nitrogens with zero attached hydrogens (tertiary/aromatic N) is 1. The van der Waals surface area contributed by atoms with Crippen molar-refractivity contribution in [3.05, 3.63) is 23.8 Å². The molecule has 0 aliphatic carbocycles. The Labute approximate surface area is 116 Å². The van der Waals surface area contributed by atoms with Crippen molar-refractivity contribution in [3.63, 3.8) is 0 Å². The van der Waals surface area contributed by atoms with Crippen molar-refractivity contribution < 1.29 is 23.1 Å². The molecule has 20 heavy (non-hydrogen) atoms. The molecule has 0 saturated carbocycles. The number of carboxylic acid groups (broad SMARTS) is 1. The number of rotatable bonds is 4. The van der Waals surface area contributed by atoms with Crippen LogP contribution in [-0.4, -0.2) is 39.0 Å². The first-order valence-corrected chi connectivity index (χ1v) is 7.46. The molecular weight excluding hydrogens is 284 g/mol. The van der Waals surface area contributed by atoms with Crippen LogP contribution in [0.3, 0.4) is 0 Å². The van der Waals surface area contributed by atoms with Crippen LogP contribution in [0, 0.1) is 0 Å². The van der Waals surface area contributed by atoms with Crippen molar-refractivity contribution in [1.29, 1.82) is 0 Å². The minimum absolute atomic E-state index is 0.146. The number of carboxylic acids is 1. The summed E-state index contributed by atoms with van der Waals surface area (Å²) in [4.78, 5) is 24.2. The Morgan fingerprint density at radius 3 is 2.60 bits per heavy atom. The molecule has 1 aliphatic heterocycles. The highest BCUT2D eigenvalue weighted by Gasteiger charge is 2.27. The monoisotopic (exact) mass is 298 g/mol. The van der Waals surface area contributed by atoms with Crippen molar-refractivity contribution in [2.75, 3.05) is 18.5 Å². The maximum atomic E-state index is 11.7. The third-order valence-corrected chi connectivity index (χ3v) is 4.55. The highest BCUT2D eigenvalue weighted by atomic mass is 32.2. The lowest BCUT2D eigenvalue weighted by Crippen LogP contribution is -2.26. The van der Waals surface area contributed by atoms with Crippen LogP contribution in [0.2, 0.25) is 0 Å². The molecule has 1 fully saturated rings. The molecule has 2 rings (SSSR count). The van der Waals surface area contributed by atoms with E-state index in [1.807, 2.05) is 0 Å². The number of hydrogen-bond donors (Lipinski definition) is 2. The van der Waals surface area contributed by atoms with Crippen LogP contribution in [-0.2, 0) is 14.8 Å². The second-order valence-corrected chi connectivity index (χ2v) is 6.23. The van der Waals surface area contributed by atoms with Crippen LogP contribution in [0.15, 0.2) is 23.1 Å². The average Bonchev–Trinajstić information content (AvgIpc) is 2.84. The number of benzene rings is 1. The summed E-state index contributed by atoms with van der Waals surface area (Å²) in [6.07, 6.45) is 1.03. The van der Waals surface area contributed by atoms with Gasteiger partial charge >= 0.3 is 5.97 Å². The molecule has 0 radical (unpaired) electrons. The maximum absolute atomic E-state index is 11.7. The van der Waals surface area contributed by atoms with Gasteiger partial charge in [-0.1, -0.05) is 0 Å². The molecule has 0 spiro atoms. The van der Waals surface area contributed by atoms with Crippen molar-refractivity contribution >= 4 is 27.6 Å². The van der Waals surface area contributed by atoms with Crippen LogP contribution >= 0.6 is 0 Å². The first-order chi connectivity index (χ1) is 9.36. The van der Waals surface area contributed by atoms with E-state index in [4.69, 9.17) is 0 Å². The molecule has 0 atom stereocenters. The fourth-order valence-electron chi connectivity index (χ4n) is 2.11. The molecule has 0 bridgehead atoms. The fourth-order valence-corrected chi connectivity index (χ4v) is 2.87. The first-order valence-electron chi connectivity index (χ1n) is 5.98. The molecule has 8 heteroatoms. The van der Waals surface area contributed by atoms with E-state index in [1.54, 1.807) is 0 Å². The Bertz CT molecular complexity index is 668. The van der Waals surface area contributed by atoms with E-state index >= 15 is 0 Å². The largest absolute Gasteiger partial charge is 0.478 e. The molecule has 0 aromatic heterocycles. The summed E-state index contributed by atoms with van der Waals surface area (Å²) in [5, 5.41) is 9.22. The van der Waals surface area contributed by atoms with Gasteiger partial charge in [0.1, 0.15) is 0 Å². The minimum Gasteiger partial charge on any atom is -0.478 e. The van der Waals surface area contributed by atoms with Crippen molar-refractivity contribution in [2.24, 2.45) is 0 Å². The molecule has 1 aliphatic rings. The Balaban J connectivity index is 2.55. The normalized spacial score (nSPS) is 15.7. The predicted molar refractivity (Wildman–Crippen MR) is 71.2 cm³/mol. The summed E-state index contributed by atoms with van der Waals surface area (Å²) >= 11 is 0. The summed E-state index contributed by atoms with van der Waals surface area (Å²) in [5.74, 6) is -1.43. The third-order valence-electron chi connectivity index (χ3n) is 3.14. The fraction of sp³-hybridized carbons (Fsp3) is 0.333. The first kappa shape index (κ1) is 14.5. The SMILES string of the molecule is CNS(=O)(=O)c1ccc(N2CCCC2=O)c(C(=O)O)c1. The number of amides is 1. The van der Waals surface area contributed by atoms with Gasteiger partial charge in [-0.2, -0.15) is 0 Å². The number of sulfonamides is 1. The van der Waals surface area contributed by atoms with Gasteiger partial charge in [0, 0.05) is 13.0 Å². The topological polar surface area (TPSA) is 104 Å². The standard InChI is InChI=1S/C12H14N2O5S/c1-13-20(18,19)8-4-5-10(9(7-8)12(16)17)14-6-2-3-11(14)15/h4-5,7,13H,2-3,6H2,1H3,(H,16,17). The van der Waals surface area contributed by atoms with Gasteiger partial charge in [0.15, 0.2) is 0 Å². The summed E-state index contributed by atoms with van der Waals surface area (Å²) in [5.41, 5.74) is 0.0339. The molecule has 0 unspecified atom stereocenters. The molecule has 2 N–H and O–H groups in total. The zero-order valence-electron chi connectivity index (χ0n) is 10.8. The number of carbonyl (C=O) groups excluding carboxylic acids is 1. The van der Waals surface area contributed by atoms with E-state index < -0.39 is 16.0 Å². The lowest BCUT2D eigenvalue weighted by molar-refractivity contribution is -0.117.